The zero-order valence-electron chi connectivity index (χ0n) is 12.3. The number of nitrogens with one attached hydrogen (secondary N) is 1. The summed E-state index contributed by atoms with van der Waals surface area (Å²) >= 11 is 6.10. The third-order valence-corrected chi connectivity index (χ3v) is 4.26. The molecule has 0 saturated carbocycles. The molecular weight excluding hydrogens is 286 g/mol. The van der Waals surface area contributed by atoms with Gasteiger partial charge in [-0.25, -0.2) is 9.97 Å². The first-order valence-corrected chi connectivity index (χ1v) is 8.27. The number of aromatic nitrogens is 2. The SMILES string of the molecule is Clc1cc(NCCC2=CCCCC2)nc(C2CCCO2)n1. The monoisotopic (exact) mass is 307 g/mol. The summed E-state index contributed by atoms with van der Waals surface area (Å²) in [5, 5.41) is 3.85. The van der Waals surface area contributed by atoms with E-state index in [0.29, 0.717) is 11.0 Å². The molecule has 4 nitrogen and oxygen atoms in total. The average Bonchev–Trinajstić information content (AvgIpc) is 3.02. The van der Waals surface area contributed by atoms with E-state index in [9.17, 15) is 0 Å². The van der Waals surface area contributed by atoms with E-state index in [1.165, 1.54) is 25.7 Å². The molecule has 0 aromatic carbocycles. The lowest BCUT2D eigenvalue weighted by molar-refractivity contribution is 0.105. The number of ether oxygens (including phenoxy) is 1. The molecule has 0 amide bonds. The van der Waals surface area contributed by atoms with Gasteiger partial charge in [-0.2, -0.15) is 0 Å². The molecule has 1 aromatic rings. The molecule has 1 fully saturated rings. The predicted molar refractivity (Wildman–Crippen MR) is 84.6 cm³/mol. The minimum absolute atomic E-state index is 0.00491. The summed E-state index contributed by atoms with van der Waals surface area (Å²) in [6.07, 6.45) is 10.7. The Morgan fingerprint density at radius 2 is 2.24 bits per heavy atom. The van der Waals surface area contributed by atoms with Gasteiger partial charge in [0, 0.05) is 19.2 Å². The molecule has 2 aliphatic rings. The van der Waals surface area contributed by atoms with E-state index >= 15 is 0 Å². The number of hydrogen-bond acceptors (Lipinski definition) is 4. The molecule has 0 radical (unpaired) electrons. The van der Waals surface area contributed by atoms with Crippen molar-refractivity contribution in [1.29, 1.82) is 0 Å². The van der Waals surface area contributed by atoms with Crippen LogP contribution in [0.15, 0.2) is 17.7 Å². The van der Waals surface area contributed by atoms with Crippen molar-refractivity contribution in [2.75, 3.05) is 18.5 Å². The van der Waals surface area contributed by atoms with Crippen LogP contribution in [0.4, 0.5) is 5.82 Å². The maximum absolute atomic E-state index is 6.10. The largest absolute Gasteiger partial charge is 0.370 e. The number of hydrogen-bond donors (Lipinski definition) is 1. The van der Waals surface area contributed by atoms with Crippen molar-refractivity contribution >= 4 is 17.4 Å². The lowest BCUT2D eigenvalue weighted by Crippen LogP contribution is -2.09. The van der Waals surface area contributed by atoms with Crippen LogP contribution in [0, 0.1) is 0 Å². The number of anilines is 1. The van der Waals surface area contributed by atoms with Gasteiger partial charge in [0.05, 0.1) is 0 Å². The highest BCUT2D eigenvalue weighted by molar-refractivity contribution is 6.29. The Bertz CT molecular complexity index is 512. The molecule has 1 saturated heterocycles. The smallest absolute Gasteiger partial charge is 0.161 e. The van der Waals surface area contributed by atoms with Crippen LogP contribution in [0.25, 0.3) is 0 Å². The fraction of sp³-hybridized carbons (Fsp3) is 0.625. The lowest BCUT2D eigenvalue weighted by Gasteiger charge is -2.14. The first kappa shape index (κ1) is 14.8. The molecule has 5 heteroatoms. The third-order valence-electron chi connectivity index (χ3n) is 4.07. The molecule has 3 rings (SSSR count). The molecule has 1 aromatic heterocycles. The van der Waals surface area contributed by atoms with Gasteiger partial charge in [0.1, 0.15) is 17.1 Å². The normalized spacial score (nSPS) is 22.1. The quantitative estimate of drug-likeness (QED) is 0.651. The van der Waals surface area contributed by atoms with E-state index in [1.807, 2.05) is 0 Å². The van der Waals surface area contributed by atoms with Crippen LogP contribution >= 0.6 is 11.6 Å². The van der Waals surface area contributed by atoms with Crippen molar-refractivity contribution in [3.8, 4) is 0 Å². The molecule has 1 aliphatic carbocycles. The van der Waals surface area contributed by atoms with Gasteiger partial charge >= 0.3 is 0 Å². The van der Waals surface area contributed by atoms with Crippen LogP contribution in [-0.2, 0) is 4.74 Å². The Kier molecular flexibility index (Phi) is 5.09. The Labute approximate surface area is 131 Å². The van der Waals surface area contributed by atoms with Gasteiger partial charge in [-0.3, -0.25) is 0 Å². The Morgan fingerprint density at radius 1 is 1.29 bits per heavy atom. The summed E-state index contributed by atoms with van der Waals surface area (Å²) in [5.74, 6) is 1.51. The van der Waals surface area contributed by atoms with Crippen molar-refractivity contribution in [3.05, 3.63) is 28.7 Å². The van der Waals surface area contributed by atoms with Gasteiger partial charge in [0.2, 0.25) is 0 Å². The average molecular weight is 308 g/mol. The number of halogens is 1. The maximum atomic E-state index is 6.10. The van der Waals surface area contributed by atoms with Crippen LogP contribution in [0.2, 0.25) is 5.15 Å². The maximum Gasteiger partial charge on any atom is 0.161 e. The summed E-state index contributed by atoms with van der Waals surface area (Å²) in [6, 6.07) is 1.79. The number of nitrogens with zero attached hydrogens (tertiary/aromatic N) is 2. The van der Waals surface area contributed by atoms with Crippen LogP contribution in [-0.4, -0.2) is 23.1 Å². The van der Waals surface area contributed by atoms with Gasteiger partial charge < -0.3 is 10.1 Å². The second kappa shape index (κ2) is 7.23. The van der Waals surface area contributed by atoms with Crippen molar-refractivity contribution < 1.29 is 4.74 Å². The van der Waals surface area contributed by atoms with Crippen molar-refractivity contribution in [2.45, 2.75) is 51.0 Å². The second-order valence-corrected chi connectivity index (χ2v) is 6.11. The molecule has 0 bridgehead atoms. The second-order valence-electron chi connectivity index (χ2n) is 5.72. The standard InChI is InChI=1S/C16H22ClN3O/c17-14-11-15(18-9-8-12-5-2-1-3-6-12)20-16(19-14)13-7-4-10-21-13/h5,11,13H,1-4,6-10H2,(H,18,19,20). The molecule has 1 aliphatic heterocycles. The van der Waals surface area contributed by atoms with Gasteiger partial charge in [0.15, 0.2) is 5.82 Å². The Balaban J connectivity index is 1.58. The minimum atomic E-state index is 0.00491. The zero-order chi connectivity index (χ0) is 14.5. The van der Waals surface area contributed by atoms with Gasteiger partial charge in [-0.1, -0.05) is 23.3 Å². The summed E-state index contributed by atoms with van der Waals surface area (Å²) in [4.78, 5) is 8.84. The summed E-state index contributed by atoms with van der Waals surface area (Å²) < 4.78 is 5.63. The van der Waals surface area contributed by atoms with E-state index in [2.05, 4.69) is 21.4 Å². The van der Waals surface area contributed by atoms with E-state index in [4.69, 9.17) is 16.3 Å². The third kappa shape index (κ3) is 4.17. The summed E-state index contributed by atoms with van der Waals surface area (Å²) in [5.41, 5.74) is 1.56. The highest BCUT2D eigenvalue weighted by atomic mass is 35.5. The lowest BCUT2D eigenvalue weighted by atomic mass is 9.97. The van der Waals surface area contributed by atoms with E-state index < -0.39 is 0 Å². The molecule has 1 N–H and O–H groups in total. The molecule has 2 heterocycles. The fourth-order valence-corrected chi connectivity index (χ4v) is 3.12. The fourth-order valence-electron chi connectivity index (χ4n) is 2.93. The van der Waals surface area contributed by atoms with Crippen LogP contribution < -0.4 is 5.32 Å². The topological polar surface area (TPSA) is 47.0 Å². The van der Waals surface area contributed by atoms with Gasteiger partial charge in [-0.05, 0) is 44.9 Å². The van der Waals surface area contributed by atoms with Crippen LogP contribution in [0.3, 0.4) is 0 Å². The van der Waals surface area contributed by atoms with Crippen molar-refractivity contribution in [1.82, 2.24) is 9.97 Å². The molecule has 0 spiro atoms. The van der Waals surface area contributed by atoms with Crippen LogP contribution in [0.1, 0.15) is 56.9 Å². The van der Waals surface area contributed by atoms with E-state index in [1.54, 1.807) is 11.6 Å². The first-order chi connectivity index (χ1) is 10.3. The number of allylic oxidation sites excluding steroid dienone is 1. The highest BCUT2D eigenvalue weighted by Crippen LogP contribution is 2.28. The predicted octanol–water partition coefficient (Wildman–Crippen LogP) is 4.28. The molecule has 114 valence electrons. The van der Waals surface area contributed by atoms with Gasteiger partial charge in [0.25, 0.3) is 0 Å². The van der Waals surface area contributed by atoms with Crippen LogP contribution in [0.5, 0.6) is 0 Å². The summed E-state index contributed by atoms with van der Waals surface area (Å²) in [7, 11) is 0. The Morgan fingerprint density at radius 3 is 3.00 bits per heavy atom. The molecule has 1 unspecified atom stereocenters. The first-order valence-electron chi connectivity index (χ1n) is 7.89. The number of rotatable bonds is 5. The Hall–Kier alpha value is -1.13. The molecule has 21 heavy (non-hydrogen) atoms. The summed E-state index contributed by atoms with van der Waals surface area (Å²) in [6.45, 7) is 1.68. The van der Waals surface area contributed by atoms with E-state index in [-0.39, 0.29) is 6.10 Å². The van der Waals surface area contributed by atoms with Gasteiger partial charge in [-0.15, -0.1) is 0 Å². The van der Waals surface area contributed by atoms with E-state index in [0.717, 1.165) is 38.2 Å². The zero-order valence-corrected chi connectivity index (χ0v) is 13.0. The van der Waals surface area contributed by atoms with Crippen molar-refractivity contribution in [2.24, 2.45) is 0 Å². The minimum Gasteiger partial charge on any atom is -0.370 e. The highest BCUT2D eigenvalue weighted by Gasteiger charge is 2.21. The molecular formula is C16H22ClN3O. The van der Waals surface area contributed by atoms with Crippen molar-refractivity contribution in [3.63, 3.8) is 0 Å². The molecule has 1 atom stereocenters.